The fourth-order valence-electron chi connectivity index (χ4n) is 3.11. The molecule has 1 aliphatic carbocycles. The number of rotatable bonds is 6. The summed E-state index contributed by atoms with van der Waals surface area (Å²) < 4.78 is 5.47. The second-order valence-corrected chi connectivity index (χ2v) is 7.34. The first-order valence-electron chi connectivity index (χ1n) is 7.82. The summed E-state index contributed by atoms with van der Waals surface area (Å²) in [5.74, 6) is 0.114. The molecule has 1 aliphatic rings. The average Bonchev–Trinajstić information content (AvgIpc) is 2.39. The Morgan fingerprint density at radius 3 is 2.35 bits per heavy atom. The first-order valence-corrected chi connectivity index (χ1v) is 7.82. The Morgan fingerprint density at radius 1 is 1.30 bits per heavy atom. The number of methoxy groups -OCH3 is 1. The van der Waals surface area contributed by atoms with Crippen LogP contribution in [0.4, 0.5) is 0 Å². The lowest BCUT2D eigenvalue weighted by Crippen LogP contribution is -2.43. The molecule has 0 aliphatic heterocycles. The highest BCUT2D eigenvalue weighted by Crippen LogP contribution is 2.38. The van der Waals surface area contributed by atoms with Gasteiger partial charge in [0.2, 0.25) is 5.91 Å². The molecule has 1 unspecified atom stereocenters. The summed E-state index contributed by atoms with van der Waals surface area (Å²) >= 11 is 0. The molecule has 0 saturated heterocycles. The maximum absolute atomic E-state index is 12.2. The highest BCUT2D eigenvalue weighted by molar-refractivity contribution is 5.76. The molecule has 1 saturated carbocycles. The largest absolute Gasteiger partial charge is 0.379 e. The third kappa shape index (κ3) is 5.06. The minimum Gasteiger partial charge on any atom is -0.379 e. The monoisotopic (exact) mass is 284 g/mol. The van der Waals surface area contributed by atoms with Gasteiger partial charge in [0.1, 0.15) is 0 Å². The van der Waals surface area contributed by atoms with E-state index < -0.39 is 0 Å². The number of hydrogen-bond donors (Lipinski definition) is 2. The van der Waals surface area contributed by atoms with Gasteiger partial charge in [-0.05, 0) is 30.2 Å². The molecule has 4 heteroatoms. The van der Waals surface area contributed by atoms with Crippen LogP contribution in [0.2, 0.25) is 0 Å². The quantitative estimate of drug-likeness (QED) is 0.787. The number of nitrogens with two attached hydrogens (primary N) is 1. The van der Waals surface area contributed by atoms with Crippen molar-refractivity contribution in [3.8, 4) is 0 Å². The Morgan fingerprint density at radius 2 is 1.90 bits per heavy atom. The van der Waals surface area contributed by atoms with Crippen LogP contribution in [-0.2, 0) is 9.53 Å². The molecule has 118 valence electrons. The molecular weight excluding hydrogens is 252 g/mol. The number of amides is 1. The standard InChI is InChI=1S/C16H32N2O2/c1-15(2,3)13(20-4)11-18-14(19)10-16(12-17)8-6-5-7-9-16/h13H,5-12,17H2,1-4H3,(H,18,19). The smallest absolute Gasteiger partial charge is 0.220 e. The number of carbonyl (C=O) groups excluding carboxylic acids is 1. The predicted octanol–water partition coefficient (Wildman–Crippen LogP) is 2.46. The second-order valence-electron chi connectivity index (χ2n) is 7.34. The van der Waals surface area contributed by atoms with Crippen LogP contribution in [0, 0.1) is 10.8 Å². The van der Waals surface area contributed by atoms with Gasteiger partial charge in [0.05, 0.1) is 6.10 Å². The Labute approximate surface area is 123 Å². The van der Waals surface area contributed by atoms with E-state index in [0.29, 0.717) is 19.5 Å². The Bertz CT molecular complexity index is 304. The lowest BCUT2D eigenvalue weighted by molar-refractivity contribution is -0.124. The molecule has 0 spiro atoms. The molecule has 1 rings (SSSR count). The van der Waals surface area contributed by atoms with Gasteiger partial charge < -0.3 is 15.8 Å². The van der Waals surface area contributed by atoms with Crippen LogP contribution in [0.5, 0.6) is 0 Å². The van der Waals surface area contributed by atoms with Gasteiger partial charge in [-0.25, -0.2) is 0 Å². The Balaban J connectivity index is 2.46. The van der Waals surface area contributed by atoms with Crippen molar-refractivity contribution in [3.05, 3.63) is 0 Å². The molecule has 0 aromatic heterocycles. The van der Waals surface area contributed by atoms with Crippen LogP contribution >= 0.6 is 0 Å². The Hall–Kier alpha value is -0.610. The summed E-state index contributed by atoms with van der Waals surface area (Å²) in [6.45, 7) is 7.55. The van der Waals surface area contributed by atoms with Crippen molar-refractivity contribution >= 4 is 5.91 Å². The normalized spacial score (nSPS) is 20.4. The zero-order valence-electron chi connectivity index (χ0n) is 13.6. The molecule has 0 heterocycles. The summed E-state index contributed by atoms with van der Waals surface area (Å²) in [6.07, 6.45) is 6.45. The summed E-state index contributed by atoms with van der Waals surface area (Å²) in [6, 6.07) is 0. The highest BCUT2D eigenvalue weighted by Gasteiger charge is 2.33. The van der Waals surface area contributed by atoms with E-state index in [1.807, 2.05) is 0 Å². The molecule has 0 radical (unpaired) electrons. The minimum absolute atomic E-state index is 0.0262. The van der Waals surface area contributed by atoms with Crippen LogP contribution in [0.15, 0.2) is 0 Å². The molecule has 1 atom stereocenters. The fourth-order valence-corrected chi connectivity index (χ4v) is 3.11. The van der Waals surface area contributed by atoms with Gasteiger partial charge in [0.25, 0.3) is 0 Å². The van der Waals surface area contributed by atoms with Crippen molar-refractivity contribution in [2.24, 2.45) is 16.6 Å². The van der Waals surface area contributed by atoms with Crippen LogP contribution in [0.1, 0.15) is 59.3 Å². The van der Waals surface area contributed by atoms with Crippen LogP contribution in [0.3, 0.4) is 0 Å². The third-order valence-electron chi connectivity index (χ3n) is 4.62. The van der Waals surface area contributed by atoms with E-state index in [9.17, 15) is 4.79 Å². The van der Waals surface area contributed by atoms with Crippen LogP contribution in [0.25, 0.3) is 0 Å². The topological polar surface area (TPSA) is 64.3 Å². The van der Waals surface area contributed by atoms with E-state index in [0.717, 1.165) is 12.8 Å². The van der Waals surface area contributed by atoms with Crippen LogP contribution in [-0.4, -0.2) is 32.2 Å². The van der Waals surface area contributed by atoms with Gasteiger partial charge in [-0.2, -0.15) is 0 Å². The maximum atomic E-state index is 12.2. The van der Waals surface area contributed by atoms with E-state index in [4.69, 9.17) is 10.5 Å². The molecule has 0 aromatic rings. The third-order valence-corrected chi connectivity index (χ3v) is 4.62. The van der Waals surface area contributed by atoms with Crippen molar-refractivity contribution < 1.29 is 9.53 Å². The zero-order chi connectivity index (χ0) is 15.2. The van der Waals surface area contributed by atoms with E-state index >= 15 is 0 Å². The summed E-state index contributed by atoms with van der Waals surface area (Å²) in [5.41, 5.74) is 5.99. The molecule has 20 heavy (non-hydrogen) atoms. The Kier molecular flexibility index (Phi) is 6.46. The number of carbonyl (C=O) groups is 1. The molecule has 1 amide bonds. The minimum atomic E-state index is 0.0262. The fraction of sp³-hybridized carbons (Fsp3) is 0.938. The molecule has 0 aromatic carbocycles. The predicted molar refractivity (Wildman–Crippen MR) is 82.5 cm³/mol. The van der Waals surface area contributed by atoms with Crippen molar-refractivity contribution in [1.29, 1.82) is 0 Å². The molecule has 0 bridgehead atoms. The van der Waals surface area contributed by atoms with Gasteiger partial charge in [-0.3, -0.25) is 4.79 Å². The first-order chi connectivity index (χ1) is 9.33. The second kappa shape index (κ2) is 7.41. The van der Waals surface area contributed by atoms with Gasteiger partial charge >= 0.3 is 0 Å². The first kappa shape index (κ1) is 17.4. The average molecular weight is 284 g/mol. The van der Waals surface area contributed by atoms with Crippen molar-refractivity contribution in [2.75, 3.05) is 20.2 Å². The van der Waals surface area contributed by atoms with E-state index in [1.165, 1.54) is 19.3 Å². The highest BCUT2D eigenvalue weighted by atomic mass is 16.5. The molecule has 3 N–H and O–H groups in total. The van der Waals surface area contributed by atoms with Crippen molar-refractivity contribution in [3.63, 3.8) is 0 Å². The van der Waals surface area contributed by atoms with Gasteiger partial charge in [0.15, 0.2) is 0 Å². The SMILES string of the molecule is COC(CNC(=O)CC1(CN)CCCCC1)C(C)(C)C. The lowest BCUT2D eigenvalue weighted by Gasteiger charge is -2.36. The van der Waals surface area contributed by atoms with Gasteiger partial charge in [-0.1, -0.05) is 40.0 Å². The van der Waals surface area contributed by atoms with Gasteiger partial charge in [-0.15, -0.1) is 0 Å². The molecular formula is C16H32N2O2. The van der Waals surface area contributed by atoms with Crippen LogP contribution < -0.4 is 11.1 Å². The number of hydrogen-bond acceptors (Lipinski definition) is 3. The summed E-state index contributed by atoms with van der Waals surface area (Å²) in [5, 5.41) is 3.03. The summed E-state index contributed by atoms with van der Waals surface area (Å²) in [4.78, 5) is 12.2. The maximum Gasteiger partial charge on any atom is 0.220 e. The van der Waals surface area contributed by atoms with Crippen molar-refractivity contribution in [1.82, 2.24) is 5.32 Å². The molecule has 1 fully saturated rings. The van der Waals surface area contributed by atoms with E-state index in [-0.39, 0.29) is 22.8 Å². The lowest BCUT2D eigenvalue weighted by atomic mass is 9.71. The van der Waals surface area contributed by atoms with E-state index in [2.05, 4.69) is 26.1 Å². The van der Waals surface area contributed by atoms with Crippen molar-refractivity contribution in [2.45, 2.75) is 65.4 Å². The number of nitrogens with one attached hydrogen (secondary N) is 1. The zero-order valence-corrected chi connectivity index (χ0v) is 13.6. The molecule has 4 nitrogen and oxygen atoms in total. The number of ether oxygens (including phenoxy) is 1. The van der Waals surface area contributed by atoms with Gasteiger partial charge in [0, 0.05) is 20.1 Å². The summed E-state index contributed by atoms with van der Waals surface area (Å²) in [7, 11) is 1.70. The van der Waals surface area contributed by atoms with E-state index in [1.54, 1.807) is 7.11 Å².